The van der Waals surface area contributed by atoms with E-state index in [-0.39, 0.29) is 31.9 Å². The molecule has 0 amide bonds. The predicted molar refractivity (Wildman–Crippen MR) is 288 cm³/mol. The summed E-state index contributed by atoms with van der Waals surface area (Å²) < 4.78 is 15.4. The van der Waals surface area contributed by atoms with Crippen molar-refractivity contribution in [2.45, 2.75) is 52.4 Å². The Bertz CT molecular complexity index is 3760. The summed E-state index contributed by atoms with van der Waals surface area (Å²) in [6.07, 6.45) is 1.89. The molecule has 7 heteroatoms. The summed E-state index contributed by atoms with van der Waals surface area (Å²) in [6, 6.07) is 73.5. The minimum atomic E-state index is -0.0695. The molecule has 0 bridgehead atoms. The van der Waals surface area contributed by atoms with Crippen LogP contribution < -0.4 is 14.5 Å². The monoisotopic (exact) mass is 1100 g/mol. The summed E-state index contributed by atoms with van der Waals surface area (Å²) >= 11 is 0. The fraction of sp³-hybridized carbons (Fsp3) is 0.125. The Morgan fingerprint density at radius 2 is 1.17 bits per heavy atom. The first-order valence-electron chi connectivity index (χ1n) is 23.9. The minimum absolute atomic E-state index is 0. The van der Waals surface area contributed by atoms with E-state index in [9.17, 15) is 0 Å². The third kappa shape index (κ3) is 8.30. The molecule has 0 radical (unpaired) electrons. The van der Waals surface area contributed by atoms with E-state index >= 15 is 0 Å². The van der Waals surface area contributed by atoms with E-state index < -0.39 is 0 Å². The van der Waals surface area contributed by atoms with Gasteiger partial charge in [0, 0.05) is 72.3 Å². The molecule has 0 unspecified atom stereocenters. The summed E-state index contributed by atoms with van der Waals surface area (Å²) in [5.41, 5.74) is 16.7. The van der Waals surface area contributed by atoms with Gasteiger partial charge in [-0.15, -0.1) is 42.7 Å². The van der Waals surface area contributed by atoms with Gasteiger partial charge in [-0.1, -0.05) is 168 Å². The quantitative estimate of drug-likeness (QED) is 0.142. The molecule has 0 saturated heterocycles. The smallest absolute Gasteiger partial charge is 0.136 e. The standard InChI is InChI=1S/C64H51N4O2.Pt/c1-63(2,3)46-31-29-43(30-32-46)51-24-16-25-52(45-20-14-19-44(37-45)42-17-8-7-9-18-42)60(51)67-41-66(55-26-11-12-27-56(55)67)48-21-15-22-49(39-48)69-50-33-34-53-57(40-50)68(59-38-47(35-36-65-59)64(4,5)6)61-54-23-10-13-28-58(54)70-62(53)61;/h7-38,41H,1-6H3;/q-3;. The molecule has 0 aliphatic carbocycles. The fourth-order valence-electron chi connectivity index (χ4n) is 9.82. The van der Waals surface area contributed by atoms with Crippen molar-refractivity contribution in [1.82, 2.24) is 9.55 Å². The number of ether oxygens (including phenoxy) is 1. The van der Waals surface area contributed by atoms with Crippen LogP contribution in [0.15, 0.2) is 199 Å². The number of hydrogen-bond acceptors (Lipinski definition) is 5. The van der Waals surface area contributed by atoms with Crippen molar-refractivity contribution in [3.05, 3.63) is 224 Å². The summed E-state index contributed by atoms with van der Waals surface area (Å²) in [6.45, 7) is 15.6. The second-order valence-electron chi connectivity index (χ2n) is 20.2. The van der Waals surface area contributed by atoms with E-state index in [0.29, 0.717) is 11.5 Å². The number of rotatable bonds is 8. The molecule has 8 aromatic carbocycles. The van der Waals surface area contributed by atoms with Crippen LogP contribution in [-0.2, 0) is 31.9 Å². The SMILES string of the molecule is CC(C)(C)c1ccc(-c2cccc(-c3cccc(-c4ccccc4)c3)c2N2[CH-]N(c3[c-]c(Oc4[c-]c5c(cc4)c4oc6ccccc6c4n5-c4cc(C(C)(C)C)ccn4)ccc3)c3ccccc32)cc1.[Pt]. The first kappa shape index (κ1) is 45.8. The van der Waals surface area contributed by atoms with Gasteiger partial charge in [-0.05, 0) is 86.7 Å². The van der Waals surface area contributed by atoms with Crippen molar-refractivity contribution in [1.29, 1.82) is 0 Å². The van der Waals surface area contributed by atoms with Gasteiger partial charge in [-0.2, -0.15) is 12.1 Å². The van der Waals surface area contributed by atoms with Crippen molar-refractivity contribution in [3.63, 3.8) is 0 Å². The van der Waals surface area contributed by atoms with E-state index in [0.717, 1.165) is 83.8 Å². The van der Waals surface area contributed by atoms with Gasteiger partial charge >= 0.3 is 0 Å². The van der Waals surface area contributed by atoms with Crippen LogP contribution in [0.1, 0.15) is 52.7 Å². The Hall–Kier alpha value is -7.66. The number of fused-ring (bicyclic) bond motifs is 6. The Kier molecular flexibility index (Phi) is 11.6. The molecule has 0 saturated carbocycles. The summed E-state index contributed by atoms with van der Waals surface area (Å²) in [4.78, 5) is 9.46. The van der Waals surface area contributed by atoms with Crippen LogP contribution in [-0.4, -0.2) is 9.55 Å². The van der Waals surface area contributed by atoms with E-state index in [2.05, 4.69) is 226 Å². The second kappa shape index (κ2) is 17.9. The molecule has 0 atom stereocenters. The van der Waals surface area contributed by atoms with Crippen molar-refractivity contribution in [3.8, 4) is 50.7 Å². The summed E-state index contributed by atoms with van der Waals surface area (Å²) in [5.74, 6) is 1.92. The largest absolute Gasteiger partial charge is 0.509 e. The van der Waals surface area contributed by atoms with Crippen molar-refractivity contribution >= 4 is 55.7 Å². The number of benzene rings is 8. The number of hydrogen-bond donors (Lipinski definition) is 0. The van der Waals surface area contributed by atoms with Gasteiger partial charge in [-0.3, -0.25) is 0 Å². The topological polar surface area (TPSA) is 46.7 Å². The number of aromatic nitrogens is 2. The van der Waals surface area contributed by atoms with Crippen LogP contribution in [0.25, 0.3) is 72.2 Å². The molecule has 1 aliphatic heterocycles. The van der Waals surface area contributed by atoms with Gasteiger partial charge in [0.15, 0.2) is 0 Å². The molecule has 0 N–H and O–H groups in total. The Balaban J connectivity index is 0.00000547. The molecule has 0 fully saturated rings. The number of para-hydroxylation sites is 4. The minimum Gasteiger partial charge on any atom is -0.509 e. The average Bonchev–Trinajstić information content (AvgIpc) is 4.05. The molecular weight excluding hydrogens is 1050 g/mol. The van der Waals surface area contributed by atoms with Gasteiger partial charge in [-0.25, -0.2) is 4.98 Å². The molecule has 352 valence electrons. The van der Waals surface area contributed by atoms with Gasteiger partial charge < -0.3 is 23.5 Å². The van der Waals surface area contributed by atoms with Crippen LogP contribution in [0, 0.1) is 18.8 Å². The first-order chi connectivity index (χ1) is 34.0. The molecule has 4 heterocycles. The van der Waals surface area contributed by atoms with E-state index in [1.807, 2.05) is 42.6 Å². The van der Waals surface area contributed by atoms with Gasteiger partial charge in [0.2, 0.25) is 0 Å². The first-order valence-corrected chi connectivity index (χ1v) is 23.9. The molecule has 0 spiro atoms. The average molecular weight is 1100 g/mol. The van der Waals surface area contributed by atoms with Crippen LogP contribution in [0.5, 0.6) is 11.5 Å². The Labute approximate surface area is 430 Å². The number of nitrogens with zero attached hydrogens (tertiary/aromatic N) is 4. The van der Waals surface area contributed by atoms with Crippen LogP contribution in [0.4, 0.5) is 22.7 Å². The van der Waals surface area contributed by atoms with E-state index in [1.165, 1.54) is 22.3 Å². The maximum atomic E-state index is 6.72. The molecule has 12 rings (SSSR count). The molecule has 3 aromatic heterocycles. The Morgan fingerprint density at radius 1 is 0.521 bits per heavy atom. The second-order valence-corrected chi connectivity index (χ2v) is 20.2. The zero-order valence-corrected chi connectivity index (χ0v) is 42.7. The van der Waals surface area contributed by atoms with E-state index in [1.54, 1.807) is 0 Å². The third-order valence-electron chi connectivity index (χ3n) is 13.5. The number of anilines is 4. The molecule has 1 aliphatic rings. The van der Waals surface area contributed by atoms with E-state index in [4.69, 9.17) is 14.1 Å². The predicted octanol–water partition coefficient (Wildman–Crippen LogP) is 17.3. The Morgan fingerprint density at radius 3 is 1.94 bits per heavy atom. The van der Waals surface area contributed by atoms with Crippen molar-refractivity contribution in [2.24, 2.45) is 0 Å². The summed E-state index contributed by atoms with van der Waals surface area (Å²) in [7, 11) is 0. The van der Waals surface area contributed by atoms with Crippen molar-refractivity contribution < 1.29 is 30.2 Å². The zero-order valence-electron chi connectivity index (χ0n) is 40.5. The fourth-order valence-corrected chi connectivity index (χ4v) is 9.82. The van der Waals surface area contributed by atoms with Crippen LogP contribution in [0.3, 0.4) is 0 Å². The normalized spacial score (nSPS) is 12.7. The van der Waals surface area contributed by atoms with Crippen LogP contribution >= 0.6 is 0 Å². The molecule has 6 nitrogen and oxygen atoms in total. The third-order valence-corrected chi connectivity index (χ3v) is 13.5. The van der Waals surface area contributed by atoms with Gasteiger partial charge in [0.1, 0.15) is 17.0 Å². The zero-order chi connectivity index (χ0) is 47.7. The van der Waals surface area contributed by atoms with Gasteiger partial charge in [0.25, 0.3) is 0 Å². The number of furan rings is 1. The molecular formula is C64H51N4O2Pt-3. The van der Waals surface area contributed by atoms with Crippen LogP contribution in [0.2, 0.25) is 0 Å². The number of pyridine rings is 1. The van der Waals surface area contributed by atoms with Gasteiger partial charge in [0.05, 0.1) is 5.52 Å². The van der Waals surface area contributed by atoms with Crippen molar-refractivity contribution in [2.75, 3.05) is 9.80 Å². The summed E-state index contributed by atoms with van der Waals surface area (Å²) in [5, 5.41) is 1.94. The molecule has 71 heavy (non-hydrogen) atoms. The molecule has 11 aromatic rings. The maximum absolute atomic E-state index is 6.72. The maximum Gasteiger partial charge on any atom is 0.136 e.